The Morgan fingerprint density at radius 2 is 1.41 bits per heavy atom. The van der Waals surface area contributed by atoms with Crippen LogP contribution in [0.4, 0.5) is 0 Å². The molecule has 0 aliphatic heterocycles. The van der Waals surface area contributed by atoms with Crippen molar-refractivity contribution in [2.75, 3.05) is 0 Å². The molecular weight excluding hydrogens is 781 g/mol. The number of allylic oxidation sites excluding steroid dienone is 2. The number of ketones is 1. The summed E-state index contributed by atoms with van der Waals surface area (Å²) in [5.41, 5.74) is 7.20. The van der Waals surface area contributed by atoms with E-state index in [1.807, 2.05) is 47.6 Å². The topological polar surface area (TPSA) is 63.1 Å². The zero-order chi connectivity index (χ0) is 35.2. The van der Waals surface area contributed by atoms with Crippen molar-refractivity contribution in [1.82, 2.24) is 9.97 Å². The van der Waals surface area contributed by atoms with Gasteiger partial charge in [-0.1, -0.05) is 124 Å². The van der Waals surface area contributed by atoms with Gasteiger partial charge in [-0.15, -0.1) is 34.9 Å². The minimum Gasteiger partial charge on any atom is -0.512 e. The molecule has 1 aromatic heterocycles. The van der Waals surface area contributed by atoms with Gasteiger partial charge in [-0.3, -0.25) is 9.78 Å². The Morgan fingerprint density at radius 3 is 1.98 bits per heavy atom. The van der Waals surface area contributed by atoms with Crippen molar-refractivity contribution < 1.29 is 30.0 Å². The second-order valence-corrected chi connectivity index (χ2v) is 14.0. The van der Waals surface area contributed by atoms with Gasteiger partial charge in [-0.2, -0.15) is 0 Å². The molecule has 1 heterocycles. The molecule has 0 amide bonds. The first-order valence-corrected chi connectivity index (χ1v) is 17.5. The van der Waals surface area contributed by atoms with Gasteiger partial charge >= 0.3 is 0 Å². The standard InChI is InChI=1S/C29H25N2.C15H28O2.Ir/c1-18(2)29-30-27(24-15-19(3)14-20(4)16-24)26-13-11-23-17-22(21-8-6-5-7-9-21)10-12-25(23)28(26)31-29;1-7-14(5,8-2)12(16)11-13(17)15(6,9-3)10-4;/h5-15,17-18H,1-4H3;11,16H,7-10H2,1-6H3;/q-1;;/b;12-11-;. The van der Waals surface area contributed by atoms with Crippen LogP contribution in [0.2, 0.25) is 0 Å². The second kappa shape index (κ2) is 16.8. The van der Waals surface area contributed by atoms with Gasteiger partial charge in [0.05, 0.1) is 5.52 Å². The Balaban J connectivity index is 0.000000312. The molecule has 0 aliphatic rings. The molecule has 1 N–H and O–H groups in total. The van der Waals surface area contributed by atoms with Gasteiger partial charge in [0.25, 0.3) is 0 Å². The molecule has 0 spiro atoms. The number of aliphatic hydroxyl groups excluding tert-OH is 1. The third-order valence-electron chi connectivity index (χ3n) is 10.3. The van der Waals surface area contributed by atoms with Gasteiger partial charge in [-0.05, 0) is 59.3 Å². The van der Waals surface area contributed by atoms with Crippen molar-refractivity contribution in [1.29, 1.82) is 0 Å². The van der Waals surface area contributed by atoms with E-state index in [1.54, 1.807) is 0 Å². The normalized spacial score (nSPS) is 12.1. The summed E-state index contributed by atoms with van der Waals surface area (Å²) < 4.78 is 0. The fourth-order valence-corrected chi connectivity index (χ4v) is 5.92. The third kappa shape index (κ3) is 8.93. The van der Waals surface area contributed by atoms with Crippen molar-refractivity contribution >= 4 is 27.5 Å². The van der Waals surface area contributed by atoms with Crippen LogP contribution in [-0.2, 0) is 24.9 Å². The summed E-state index contributed by atoms with van der Waals surface area (Å²) in [6.45, 7) is 20.6. The van der Waals surface area contributed by atoms with E-state index in [0.717, 1.165) is 64.6 Å². The second-order valence-electron chi connectivity index (χ2n) is 14.0. The fraction of sp³-hybridized carbons (Fsp3) is 0.386. The van der Waals surface area contributed by atoms with Crippen molar-refractivity contribution in [3.05, 3.63) is 108 Å². The number of aryl methyl sites for hydroxylation is 2. The van der Waals surface area contributed by atoms with Gasteiger partial charge in [0.15, 0.2) is 5.78 Å². The van der Waals surface area contributed by atoms with E-state index in [4.69, 9.17) is 9.97 Å². The van der Waals surface area contributed by atoms with Crippen LogP contribution >= 0.6 is 0 Å². The maximum Gasteiger partial charge on any atom is 0.164 e. The van der Waals surface area contributed by atoms with E-state index < -0.39 is 0 Å². The van der Waals surface area contributed by atoms with Gasteiger partial charge in [0, 0.05) is 48.3 Å². The Hall–Kier alpha value is -3.66. The van der Waals surface area contributed by atoms with Crippen LogP contribution in [0.15, 0.2) is 84.6 Å². The van der Waals surface area contributed by atoms with E-state index in [2.05, 4.69) is 100 Å². The number of nitrogens with zero attached hydrogens (tertiary/aromatic N) is 2. The van der Waals surface area contributed by atoms with Crippen LogP contribution in [0.3, 0.4) is 0 Å². The van der Waals surface area contributed by atoms with E-state index >= 15 is 0 Å². The molecule has 0 saturated heterocycles. The van der Waals surface area contributed by atoms with E-state index in [9.17, 15) is 9.90 Å². The monoisotopic (exact) mass is 834 g/mol. The van der Waals surface area contributed by atoms with Crippen LogP contribution in [0.5, 0.6) is 0 Å². The quantitative estimate of drug-likeness (QED) is 0.0659. The molecule has 0 bridgehead atoms. The molecule has 1 radical (unpaired) electrons. The average molecular weight is 834 g/mol. The zero-order valence-electron chi connectivity index (χ0n) is 31.0. The molecule has 0 saturated carbocycles. The number of rotatable bonds is 10. The summed E-state index contributed by atoms with van der Waals surface area (Å²) >= 11 is 0. The van der Waals surface area contributed by atoms with Crippen LogP contribution < -0.4 is 0 Å². The molecule has 4 aromatic carbocycles. The van der Waals surface area contributed by atoms with Crippen LogP contribution in [0, 0.1) is 30.7 Å². The SMILES string of the molecule is CCC(C)(CC)C(=O)/C=C(\O)C(C)(CC)CC.Cc1[c-]c(-c2nc(C(C)C)nc3c2ccc2cc(-c4ccccc4)ccc23)cc(C)c1.[Ir]. The van der Waals surface area contributed by atoms with Crippen LogP contribution in [-0.4, -0.2) is 20.9 Å². The number of carbonyl (C=O) groups is 1. The largest absolute Gasteiger partial charge is 0.512 e. The maximum atomic E-state index is 12.2. The molecule has 0 aliphatic carbocycles. The molecule has 4 nitrogen and oxygen atoms in total. The summed E-state index contributed by atoms with van der Waals surface area (Å²) in [6.07, 6.45) is 4.75. The summed E-state index contributed by atoms with van der Waals surface area (Å²) in [4.78, 5) is 22.2. The fourth-order valence-electron chi connectivity index (χ4n) is 5.92. The van der Waals surface area contributed by atoms with Crippen molar-refractivity contribution in [2.24, 2.45) is 10.8 Å². The van der Waals surface area contributed by atoms with Gasteiger partial charge in [0.1, 0.15) is 11.6 Å². The van der Waals surface area contributed by atoms with Gasteiger partial charge in [-0.25, -0.2) is 4.98 Å². The third-order valence-corrected chi connectivity index (χ3v) is 10.3. The predicted molar refractivity (Wildman–Crippen MR) is 203 cm³/mol. The van der Waals surface area contributed by atoms with E-state index in [0.29, 0.717) is 0 Å². The maximum absolute atomic E-state index is 12.2. The number of fused-ring (bicyclic) bond motifs is 3. The van der Waals surface area contributed by atoms with E-state index in [-0.39, 0.29) is 48.4 Å². The zero-order valence-corrected chi connectivity index (χ0v) is 33.4. The molecule has 0 atom stereocenters. The molecule has 5 rings (SSSR count). The number of benzene rings is 4. The van der Waals surface area contributed by atoms with Crippen molar-refractivity contribution in [3.63, 3.8) is 0 Å². The first-order chi connectivity index (χ1) is 22.8. The molecule has 5 heteroatoms. The molecule has 0 unspecified atom stereocenters. The van der Waals surface area contributed by atoms with Crippen LogP contribution in [0.1, 0.15) is 104 Å². The number of aromatic nitrogens is 2. The molecular formula is C44H53IrN2O2-. The smallest absolute Gasteiger partial charge is 0.164 e. The first kappa shape index (κ1) is 39.8. The minimum atomic E-state index is -0.337. The Kier molecular flexibility index (Phi) is 13.7. The van der Waals surface area contributed by atoms with Gasteiger partial charge in [0.2, 0.25) is 0 Å². The van der Waals surface area contributed by atoms with Gasteiger partial charge < -0.3 is 5.11 Å². The minimum absolute atomic E-state index is 0. The average Bonchev–Trinajstić information content (AvgIpc) is 3.10. The van der Waals surface area contributed by atoms with E-state index in [1.165, 1.54) is 28.2 Å². The number of hydrogen-bond donors (Lipinski definition) is 1. The molecule has 49 heavy (non-hydrogen) atoms. The Bertz CT molecular complexity index is 1900. The summed E-state index contributed by atoms with van der Waals surface area (Å²) in [6, 6.07) is 29.3. The molecule has 5 aromatic rings. The number of carbonyl (C=O) groups excluding carboxylic acids is 1. The van der Waals surface area contributed by atoms with Crippen LogP contribution in [0.25, 0.3) is 44.1 Å². The number of hydrogen-bond acceptors (Lipinski definition) is 4. The molecule has 0 fully saturated rings. The van der Waals surface area contributed by atoms with Crippen molar-refractivity contribution in [3.8, 4) is 22.4 Å². The first-order valence-electron chi connectivity index (χ1n) is 17.5. The Morgan fingerprint density at radius 1 is 0.796 bits per heavy atom. The summed E-state index contributed by atoms with van der Waals surface area (Å²) in [7, 11) is 0. The predicted octanol–water partition coefficient (Wildman–Crippen LogP) is 12.3. The van der Waals surface area contributed by atoms with Crippen molar-refractivity contribution in [2.45, 2.75) is 101 Å². The summed E-state index contributed by atoms with van der Waals surface area (Å²) in [5.74, 6) is 1.40. The number of aliphatic hydroxyl groups is 1. The Labute approximate surface area is 307 Å². The molecule has 261 valence electrons. The summed E-state index contributed by atoms with van der Waals surface area (Å²) in [5, 5.41) is 13.6.